The highest BCUT2D eigenvalue weighted by molar-refractivity contribution is 6.05. The van der Waals surface area contributed by atoms with Gasteiger partial charge in [-0.1, -0.05) is 42.5 Å². The summed E-state index contributed by atoms with van der Waals surface area (Å²) in [7, 11) is 1.60. The molecule has 0 fully saturated rings. The molecule has 0 radical (unpaired) electrons. The number of hydrogen-bond acceptors (Lipinski definition) is 4. The molecule has 1 aliphatic heterocycles. The zero-order chi connectivity index (χ0) is 18.5. The van der Waals surface area contributed by atoms with Gasteiger partial charge in [0.25, 0.3) is 0 Å². The number of ether oxygens (including phenoxy) is 1. The maximum Gasteiger partial charge on any atom is 0.303 e. The minimum absolute atomic E-state index is 0.0820. The Morgan fingerprint density at radius 1 is 1.12 bits per heavy atom. The van der Waals surface area contributed by atoms with Gasteiger partial charge in [-0.15, -0.1) is 0 Å². The molecule has 0 aliphatic carbocycles. The second-order valence-electron chi connectivity index (χ2n) is 6.01. The van der Waals surface area contributed by atoms with Crippen LogP contribution in [0.2, 0.25) is 0 Å². The number of aliphatic carboxylic acids is 1. The van der Waals surface area contributed by atoms with Crippen LogP contribution >= 0.6 is 0 Å². The van der Waals surface area contributed by atoms with E-state index in [4.69, 9.17) is 9.84 Å². The second kappa shape index (κ2) is 7.82. The van der Waals surface area contributed by atoms with Gasteiger partial charge in [0.15, 0.2) is 0 Å². The topological polar surface area (TPSA) is 79.2 Å². The van der Waals surface area contributed by atoms with Crippen molar-refractivity contribution >= 4 is 17.6 Å². The fraction of sp³-hybridized carbons (Fsp3) is 0.250. The van der Waals surface area contributed by atoms with Crippen LogP contribution in [0, 0.1) is 0 Å². The van der Waals surface area contributed by atoms with Crippen molar-refractivity contribution in [3.8, 4) is 5.75 Å². The van der Waals surface area contributed by atoms with Crippen molar-refractivity contribution < 1.29 is 19.4 Å². The van der Waals surface area contributed by atoms with Gasteiger partial charge in [0.05, 0.1) is 25.3 Å². The fourth-order valence-corrected chi connectivity index (χ4v) is 3.05. The number of carboxylic acids is 1. The summed E-state index contributed by atoms with van der Waals surface area (Å²) in [5, 5.41) is 14.8. The summed E-state index contributed by atoms with van der Waals surface area (Å²) >= 11 is 0. The monoisotopic (exact) mass is 352 g/mol. The van der Waals surface area contributed by atoms with E-state index in [0.29, 0.717) is 12.2 Å². The summed E-state index contributed by atoms with van der Waals surface area (Å²) in [5.41, 5.74) is 2.55. The quantitative estimate of drug-likeness (QED) is 0.865. The number of hydrazone groups is 1. The molecule has 1 N–H and O–H groups in total. The molecule has 0 bridgehead atoms. The molecule has 6 nitrogen and oxygen atoms in total. The average molecular weight is 352 g/mol. The molecule has 1 aliphatic rings. The highest BCUT2D eigenvalue weighted by atomic mass is 16.5. The first-order chi connectivity index (χ1) is 12.6. The molecule has 2 aromatic carbocycles. The number of amides is 1. The van der Waals surface area contributed by atoms with Gasteiger partial charge < -0.3 is 9.84 Å². The maximum absolute atomic E-state index is 12.6. The van der Waals surface area contributed by atoms with Crippen LogP contribution in [0.3, 0.4) is 0 Å². The lowest BCUT2D eigenvalue weighted by Gasteiger charge is -2.21. The number of carbonyl (C=O) groups is 2. The van der Waals surface area contributed by atoms with E-state index >= 15 is 0 Å². The molecule has 3 rings (SSSR count). The molecule has 26 heavy (non-hydrogen) atoms. The first kappa shape index (κ1) is 17.7. The van der Waals surface area contributed by atoms with E-state index in [1.54, 1.807) is 7.11 Å². The zero-order valence-corrected chi connectivity index (χ0v) is 14.5. The molecule has 0 spiro atoms. The summed E-state index contributed by atoms with van der Waals surface area (Å²) in [6.07, 6.45) is 0.251. The smallest absolute Gasteiger partial charge is 0.303 e. The second-order valence-corrected chi connectivity index (χ2v) is 6.01. The predicted molar refractivity (Wildman–Crippen MR) is 97.0 cm³/mol. The Kier molecular flexibility index (Phi) is 5.31. The fourth-order valence-electron chi connectivity index (χ4n) is 3.05. The number of hydrogen-bond donors (Lipinski definition) is 1. The molecular weight excluding hydrogens is 332 g/mol. The Balaban J connectivity index is 1.93. The molecule has 0 saturated carbocycles. The Labute approximate surface area is 151 Å². The minimum Gasteiger partial charge on any atom is -0.496 e. The van der Waals surface area contributed by atoms with Crippen LogP contribution in [0.1, 0.15) is 36.4 Å². The lowest BCUT2D eigenvalue weighted by atomic mass is 9.98. The Bertz CT molecular complexity index is 833. The first-order valence-corrected chi connectivity index (χ1v) is 8.40. The Morgan fingerprint density at radius 2 is 1.81 bits per heavy atom. The van der Waals surface area contributed by atoms with Gasteiger partial charge in [0, 0.05) is 18.4 Å². The van der Waals surface area contributed by atoms with E-state index in [2.05, 4.69) is 5.10 Å². The summed E-state index contributed by atoms with van der Waals surface area (Å²) in [4.78, 5) is 23.4. The molecule has 1 amide bonds. The molecule has 0 unspecified atom stereocenters. The van der Waals surface area contributed by atoms with Gasteiger partial charge in [0.2, 0.25) is 5.91 Å². The number of carboxylic acid groups (broad SMARTS) is 1. The van der Waals surface area contributed by atoms with E-state index in [-0.39, 0.29) is 24.8 Å². The third kappa shape index (κ3) is 3.74. The van der Waals surface area contributed by atoms with Gasteiger partial charge in [-0.25, -0.2) is 5.01 Å². The SMILES string of the molecule is COc1ccccc1C1=NN(C(=O)CCC(=O)O)[C@@H](c2ccccc2)C1. The van der Waals surface area contributed by atoms with Crippen LogP contribution in [0.5, 0.6) is 5.75 Å². The van der Waals surface area contributed by atoms with Gasteiger partial charge in [-0.05, 0) is 17.7 Å². The van der Waals surface area contributed by atoms with Crippen molar-refractivity contribution in [2.45, 2.75) is 25.3 Å². The van der Waals surface area contributed by atoms with E-state index < -0.39 is 5.97 Å². The van der Waals surface area contributed by atoms with Gasteiger partial charge in [0.1, 0.15) is 5.75 Å². The minimum atomic E-state index is -0.997. The lowest BCUT2D eigenvalue weighted by Crippen LogP contribution is -2.27. The largest absolute Gasteiger partial charge is 0.496 e. The normalized spacial score (nSPS) is 16.3. The Morgan fingerprint density at radius 3 is 2.50 bits per heavy atom. The van der Waals surface area contributed by atoms with E-state index in [1.807, 2.05) is 54.6 Å². The highest BCUT2D eigenvalue weighted by Gasteiger charge is 2.33. The number of carbonyl (C=O) groups excluding carboxylic acids is 1. The molecule has 6 heteroatoms. The number of para-hydroxylation sites is 1. The predicted octanol–water partition coefficient (Wildman–Crippen LogP) is 3.24. The van der Waals surface area contributed by atoms with Crippen molar-refractivity contribution in [3.63, 3.8) is 0 Å². The van der Waals surface area contributed by atoms with Crippen LogP contribution in [-0.2, 0) is 9.59 Å². The van der Waals surface area contributed by atoms with Crippen LogP contribution < -0.4 is 4.74 Å². The molecule has 134 valence electrons. The van der Waals surface area contributed by atoms with Gasteiger partial charge in [-0.3, -0.25) is 9.59 Å². The van der Waals surface area contributed by atoms with E-state index in [9.17, 15) is 9.59 Å². The van der Waals surface area contributed by atoms with Crippen molar-refractivity contribution in [2.24, 2.45) is 5.10 Å². The number of benzene rings is 2. The van der Waals surface area contributed by atoms with Crippen molar-refractivity contribution in [1.82, 2.24) is 5.01 Å². The third-order valence-electron chi connectivity index (χ3n) is 4.32. The molecule has 1 heterocycles. The first-order valence-electron chi connectivity index (χ1n) is 8.40. The number of methoxy groups -OCH3 is 1. The summed E-state index contributed by atoms with van der Waals surface area (Å²) < 4.78 is 5.41. The van der Waals surface area contributed by atoms with Crippen molar-refractivity contribution in [2.75, 3.05) is 7.11 Å². The maximum atomic E-state index is 12.6. The average Bonchev–Trinajstić information content (AvgIpc) is 3.12. The molecule has 2 aromatic rings. The summed E-state index contributed by atoms with van der Waals surface area (Å²) in [6.45, 7) is 0. The molecule has 1 atom stereocenters. The standard InChI is InChI=1S/C20H20N2O4/c1-26-18-10-6-5-9-15(18)16-13-17(14-7-3-2-4-8-14)22(21-16)19(23)11-12-20(24)25/h2-10,17H,11-13H2,1H3,(H,24,25)/t17-/m1/s1. The lowest BCUT2D eigenvalue weighted by molar-refractivity contribution is -0.141. The van der Waals surface area contributed by atoms with Crippen LogP contribution in [0.25, 0.3) is 0 Å². The van der Waals surface area contributed by atoms with Gasteiger partial charge in [-0.2, -0.15) is 5.10 Å². The number of rotatable bonds is 6. The van der Waals surface area contributed by atoms with Crippen molar-refractivity contribution in [3.05, 3.63) is 65.7 Å². The summed E-state index contributed by atoms with van der Waals surface area (Å²) in [5.74, 6) is -0.605. The van der Waals surface area contributed by atoms with Crippen LogP contribution in [-0.4, -0.2) is 34.8 Å². The van der Waals surface area contributed by atoms with E-state index in [1.165, 1.54) is 5.01 Å². The zero-order valence-electron chi connectivity index (χ0n) is 14.5. The molecular formula is C20H20N2O4. The summed E-state index contributed by atoms with van der Waals surface area (Å²) in [6, 6.07) is 16.9. The third-order valence-corrected chi connectivity index (χ3v) is 4.32. The van der Waals surface area contributed by atoms with Crippen molar-refractivity contribution in [1.29, 1.82) is 0 Å². The van der Waals surface area contributed by atoms with Crippen LogP contribution in [0.15, 0.2) is 59.7 Å². The highest BCUT2D eigenvalue weighted by Crippen LogP contribution is 2.35. The Hall–Kier alpha value is -3.15. The van der Waals surface area contributed by atoms with Gasteiger partial charge >= 0.3 is 5.97 Å². The molecule has 0 aromatic heterocycles. The van der Waals surface area contributed by atoms with Crippen LogP contribution in [0.4, 0.5) is 0 Å². The number of nitrogens with zero attached hydrogens (tertiary/aromatic N) is 2. The molecule has 0 saturated heterocycles. The van der Waals surface area contributed by atoms with E-state index in [0.717, 1.165) is 16.8 Å².